The average molecular weight is 385 g/mol. The number of fused-ring (bicyclic) bond motifs is 1. The van der Waals surface area contributed by atoms with Crippen LogP contribution in [0.5, 0.6) is 0 Å². The third kappa shape index (κ3) is 4.11. The van der Waals surface area contributed by atoms with Crippen LogP contribution in [0.1, 0.15) is 25.0 Å². The maximum absolute atomic E-state index is 12.9. The van der Waals surface area contributed by atoms with Gasteiger partial charge in [-0.15, -0.1) is 0 Å². The van der Waals surface area contributed by atoms with Crippen molar-refractivity contribution in [1.29, 1.82) is 0 Å². The molecule has 140 valence electrons. The molecule has 1 aliphatic rings. The molecule has 2 N–H and O–H groups in total. The Labute approximate surface area is 163 Å². The van der Waals surface area contributed by atoms with Crippen LogP contribution in [0.3, 0.4) is 0 Å². The van der Waals surface area contributed by atoms with E-state index in [1.165, 1.54) is 4.90 Å². The molecule has 2 aromatic carbocycles. The van der Waals surface area contributed by atoms with Gasteiger partial charge in [0.05, 0.1) is 11.4 Å². The number of anilines is 1. The van der Waals surface area contributed by atoms with Crippen LogP contribution in [0.2, 0.25) is 5.02 Å². The van der Waals surface area contributed by atoms with Crippen LogP contribution < -0.4 is 15.5 Å². The van der Waals surface area contributed by atoms with E-state index in [0.717, 1.165) is 11.1 Å². The van der Waals surface area contributed by atoms with E-state index in [-0.39, 0.29) is 11.9 Å². The summed E-state index contributed by atoms with van der Waals surface area (Å²) in [4.78, 5) is 31.2. The minimum Gasteiger partial charge on any atom is -0.336 e. The summed E-state index contributed by atoms with van der Waals surface area (Å²) in [6, 6.07) is 14.3. The Balaban J connectivity index is 2.11. The molecule has 0 aliphatic carbocycles. The summed E-state index contributed by atoms with van der Waals surface area (Å²) >= 11 is 6.21. The summed E-state index contributed by atoms with van der Waals surface area (Å²) in [5, 5.41) is 5.92. The summed E-state index contributed by atoms with van der Waals surface area (Å²) in [5.74, 6) is -0.330. The van der Waals surface area contributed by atoms with Crippen molar-refractivity contribution in [1.82, 2.24) is 10.6 Å². The number of benzodiazepines with no additional fused rings is 1. The van der Waals surface area contributed by atoms with Gasteiger partial charge in [0, 0.05) is 29.2 Å². The fraction of sp³-hybridized carbons (Fsp3) is 0.250. The second-order valence-electron chi connectivity index (χ2n) is 6.58. The second kappa shape index (κ2) is 7.80. The average Bonchev–Trinajstić information content (AvgIpc) is 2.72. The molecule has 1 unspecified atom stereocenters. The first-order chi connectivity index (χ1) is 12.9. The van der Waals surface area contributed by atoms with E-state index in [4.69, 9.17) is 11.6 Å². The van der Waals surface area contributed by atoms with E-state index in [1.54, 1.807) is 25.2 Å². The summed E-state index contributed by atoms with van der Waals surface area (Å²) in [7, 11) is 1.66. The Morgan fingerprint density at radius 2 is 1.89 bits per heavy atom. The summed E-state index contributed by atoms with van der Waals surface area (Å²) in [5.41, 5.74) is 2.85. The van der Waals surface area contributed by atoms with Gasteiger partial charge in [0.2, 0.25) is 6.17 Å². The predicted octanol–water partition coefficient (Wildman–Crippen LogP) is 3.19. The van der Waals surface area contributed by atoms with Crippen molar-refractivity contribution in [3.05, 3.63) is 64.7 Å². The van der Waals surface area contributed by atoms with Crippen LogP contribution in [0.4, 0.5) is 10.5 Å². The maximum Gasteiger partial charge on any atom is 0.317 e. The van der Waals surface area contributed by atoms with Gasteiger partial charge in [-0.2, -0.15) is 0 Å². The predicted molar refractivity (Wildman–Crippen MR) is 108 cm³/mol. The number of halogens is 1. The van der Waals surface area contributed by atoms with Gasteiger partial charge in [0.15, 0.2) is 0 Å². The lowest BCUT2D eigenvalue weighted by atomic mass is 10.0. The molecule has 3 amide bonds. The van der Waals surface area contributed by atoms with Crippen molar-refractivity contribution in [3.63, 3.8) is 0 Å². The van der Waals surface area contributed by atoms with E-state index < -0.39 is 12.2 Å². The molecule has 0 saturated carbocycles. The summed E-state index contributed by atoms with van der Waals surface area (Å²) in [6.07, 6.45) is -1.05. The van der Waals surface area contributed by atoms with E-state index in [2.05, 4.69) is 15.6 Å². The molecule has 6 nitrogen and oxygen atoms in total. The van der Waals surface area contributed by atoms with Crippen molar-refractivity contribution in [2.24, 2.45) is 4.99 Å². The molecular formula is C20H21ClN4O2. The number of carbonyl (C=O) groups is 2. The Morgan fingerprint density at radius 1 is 1.19 bits per heavy atom. The molecule has 0 radical (unpaired) electrons. The highest BCUT2D eigenvalue weighted by Gasteiger charge is 2.31. The number of aliphatic imine (C=N–C) groups is 1. The first kappa shape index (κ1) is 18.9. The minimum atomic E-state index is -1.05. The first-order valence-electron chi connectivity index (χ1n) is 8.64. The highest BCUT2D eigenvalue weighted by Crippen LogP contribution is 2.29. The molecule has 3 rings (SSSR count). The zero-order valence-electron chi connectivity index (χ0n) is 15.4. The molecule has 1 aliphatic heterocycles. The number of amides is 3. The highest BCUT2D eigenvalue weighted by molar-refractivity contribution is 6.32. The summed E-state index contributed by atoms with van der Waals surface area (Å²) in [6.45, 7) is 3.69. The first-order valence-corrected chi connectivity index (χ1v) is 9.02. The zero-order chi connectivity index (χ0) is 19.6. The molecule has 0 spiro atoms. The second-order valence-corrected chi connectivity index (χ2v) is 7.01. The number of nitrogens with zero attached hydrogens (tertiary/aromatic N) is 2. The third-order valence-corrected chi connectivity index (χ3v) is 4.37. The van der Waals surface area contributed by atoms with E-state index in [0.29, 0.717) is 16.4 Å². The molecule has 0 fully saturated rings. The number of carbonyl (C=O) groups excluding carboxylic acids is 2. The van der Waals surface area contributed by atoms with Gasteiger partial charge in [-0.25, -0.2) is 9.79 Å². The number of rotatable bonds is 3. The molecule has 1 atom stereocenters. The van der Waals surface area contributed by atoms with E-state index in [9.17, 15) is 9.59 Å². The lowest BCUT2D eigenvalue weighted by Gasteiger charge is -2.21. The van der Waals surface area contributed by atoms with Gasteiger partial charge in [0.1, 0.15) is 0 Å². The van der Waals surface area contributed by atoms with Crippen LogP contribution in [-0.4, -0.2) is 36.9 Å². The number of hydrogen-bond acceptors (Lipinski definition) is 3. The Morgan fingerprint density at radius 3 is 2.56 bits per heavy atom. The van der Waals surface area contributed by atoms with Crippen LogP contribution in [0.25, 0.3) is 0 Å². The Bertz CT molecular complexity index is 896. The largest absolute Gasteiger partial charge is 0.336 e. The van der Waals surface area contributed by atoms with Crippen molar-refractivity contribution >= 4 is 34.9 Å². The van der Waals surface area contributed by atoms with Gasteiger partial charge >= 0.3 is 6.03 Å². The lowest BCUT2D eigenvalue weighted by Crippen LogP contribution is -2.50. The summed E-state index contributed by atoms with van der Waals surface area (Å²) < 4.78 is 0. The molecule has 2 aromatic rings. The third-order valence-electron chi connectivity index (χ3n) is 4.13. The van der Waals surface area contributed by atoms with Gasteiger partial charge in [-0.3, -0.25) is 4.79 Å². The zero-order valence-corrected chi connectivity index (χ0v) is 16.1. The topological polar surface area (TPSA) is 73.8 Å². The Hall–Kier alpha value is -2.86. The lowest BCUT2D eigenvalue weighted by molar-refractivity contribution is -0.119. The molecule has 1 heterocycles. The molecule has 7 heteroatoms. The molecular weight excluding hydrogens is 364 g/mol. The fourth-order valence-electron chi connectivity index (χ4n) is 2.89. The standard InChI is InChI=1S/C20H21ClN4O2/c1-12(2)22-20(27)24-18-19(26)25(3)16-10-9-14(21)11-15(16)17(23-18)13-7-5-4-6-8-13/h4-12,18H,1-3H3,(H2,22,24,27). The molecule has 27 heavy (non-hydrogen) atoms. The van der Waals surface area contributed by atoms with Crippen LogP contribution in [-0.2, 0) is 4.79 Å². The minimum absolute atomic E-state index is 0.0582. The highest BCUT2D eigenvalue weighted by atomic mass is 35.5. The molecule has 0 aromatic heterocycles. The fourth-order valence-corrected chi connectivity index (χ4v) is 3.07. The van der Waals surface area contributed by atoms with Crippen LogP contribution in [0.15, 0.2) is 53.5 Å². The van der Waals surface area contributed by atoms with Gasteiger partial charge in [0.25, 0.3) is 5.91 Å². The smallest absolute Gasteiger partial charge is 0.317 e. The number of likely N-dealkylation sites (N-methyl/N-ethyl adjacent to an activating group) is 1. The van der Waals surface area contributed by atoms with Crippen molar-refractivity contribution < 1.29 is 9.59 Å². The maximum atomic E-state index is 12.9. The number of benzene rings is 2. The van der Waals surface area contributed by atoms with Crippen LogP contribution >= 0.6 is 11.6 Å². The number of urea groups is 1. The number of nitrogens with one attached hydrogen (secondary N) is 2. The SMILES string of the molecule is CC(C)NC(=O)NC1N=C(c2ccccc2)c2cc(Cl)ccc2N(C)C1=O. The van der Waals surface area contributed by atoms with Gasteiger partial charge < -0.3 is 15.5 Å². The molecule has 0 bridgehead atoms. The van der Waals surface area contributed by atoms with Gasteiger partial charge in [-0.05, 0) is 32.0 Å². The van der Waals surface area contributed by atoms with Crippen molar-refractivity contribution in [2.45, 2.75) is 26.1 Å². The quantitative estimate of drug-likeness (QED) is 0.852. The normalized spacial score (nSPS) is 16.5. The van der Waals surface area contributed by atoms with Crippen molar-refractivity contribution in [3.8, 4) is 0 Å². The van der Waals surface area contributed by atoms with Crippen LogP contribution in [0, 0.1) is 0 Å². The van der Waals surface area contributed by atoms with Gasteiger partial charge in [-0.1, -0.05) is 41.9 Å². The van der Waals surface area contributed by atoms with Crippen molar-refractivity contribution in [2.75, 3.05) is 11.9 Å². The van der Waals surface area contributed by atoms with E-state index in [1.807, 2.05) is 44.2 Å². The molecule has 0 saturated heterocycles. The van der Waals surface area contributed by atoms with E-state index >= 15 is 0 Å². The Kier molecular flexibility index (Phi) is 5.46. The number of hydrogen-bond donors (Lipinski definition) is 2. The monoisotopic (exact) mass is 384 g/mol.